The van der Waals surface area contributed by atoms with E-state index in [-0.39, 0.29) is 11.6 Å². The van der Waals surface area contributed by atoms with E-state index in [4.69, 9.17) is 0 Å². The summed E-state index contributed by atoms with van der Waals surface area (Å²) in [5.74, 6) is -0.384. The van der Waals surface area contributed by atoms with Crippen LogP contribution >= 0.6 is 15.9 Å². The fourth-order valence-corrected chi connectivity index (χ4v) is 2.75. The molecule has 0 fully saturated rings. The lowest BCUT2D eigenvalue weighted by Gasteiger charge is -2.07. The van der Waals surface area contributed by atoms with Gasteiger partial charge in [0, 0.05) is 22.2 Å². The first-order chi connectivity index (χ1) is 13.4. The average Bonchev–Trinajstić information content (AvgIpc) is 2.68. The minimum absolute atomic E-state index is 0.00579. The number of pyridine rings is 1. The van der Waals surface area contributed by atoms with Crippen molar-refractivity contribution in [3.05, 3.63) is 92.1 Å². The van der Waals surface area contributed by atoms with Gasteiger partial charge in [0.2, 0.25) is 0 Å². The normalized spacial score (nSPS) is 10.8. The van der Waals surface area contributed by atoms with Crippen molar-refractivity contribution >= 4 is 33.7 Å². The molecule has 0 saturated carbocycles. The standard InChI is InChI=1S/C20H15BrN4O3/c1-13-18(10-11-19(23-13)15-4-6-16(21)7-5-15)20(26)24-22-12-14-2-8-17(9-3-14)25(27)28/h2-12H,1H3,(H,24,26)/b22-12+. The number of nitrogens with zero attached hydrogens (tertiary/aromatic N) is 3. The van der Waals surface area contributed by atoms with Gasteiger partial charge in [0.1, 0.15) is 0 Å². The van der Waals surface area contributed by atoms with Gasteiger partial charge in [0.25, 0.3) is 11.6 Å². The molecule has 0 saturated heterocycles. The number of halogens is 1. The van der Waals surface area contributed by atoms with Gasteiger partial charge < -0.3 is 0 Å². The van der Waals surface area contributed by atoms with Crippen LogP contribution in [-0.4, -0.2) is 22.0 Å². The van der Waals surface area contributed by atoms with E-state index in [2.05, 4.69) is 31.4 Å². The quantitative estimate of drug-likeness (QED) is 0.360. The highest BCUT2D eigenvalue weighted by Gasteiger charge is 2.11. The van der Waals surface area contributed by atoms with Crippen molar-refractivity contribution in [3.8, 4) is 11.3 Å². The molecule has 0 aliphatic rings. The second-order valence-electron chi connectivity index (χ2n) is 5.88. The van der Waals surface area contributed by atoms with Crippen molar-refractivity contribution in [2.24, 2.45) is 5.10 Å². The molecule has 1 aromatic heterocycles. The van der Waals surface area contributed by atoms with Gasteiger partial charge in [0.05, 0.1) is 28.1 Å². The first kappa shape index (κ1) is 19.4. The number of non-ortho nitro benzene ring substituents is 1. The number of hydrogen-bond donors (Lipinski definition) is 1. The van der Waals surface area contributed by atoms with Crippen LogP contribution in [0.2, 0.25) is 0 Å². The maximum atomic E-state index is 12.3. The van der Waals surface area contributed by atoms with Gasteiger partial charge in [-0.2, -0.15) is 5.10 Å². The Bertz CT molecular complexity index is 1050. The summed E-state index contributed by atoms with van der Waals surface area (Å²) in [6, 6.07) is 17.1. The molecule has 3 rings (SSSR count). The minimum Gasteiger partial charge on any atom is -0.267 e. The summed E-state index contributed by atoms with van der Waals surface area (Å²) in [6.45, 7) is 1.76. The molecule has 2 aromatic carbocycles. The molecule has 0 aliphatic carbocycles. The Labute approximate surface area is 169 Å². The predicted molar refractivity (Wildman–Crippen MR) is 110 cm³/mol. The van der Waals surface area contributed by atoms with Gasteiger partial charge in [-0.3, -0.25) is 19.9 Å². The van der Waals surface area contributed by atoms with Crippen molar-refractivity contribution in [3.63, 3.8) is 0 Å². The molecule has 0 atom stereocenters. The smallest absolute Gasteiger partial charge is 0.267 e. The van der Waals surface area contributed by atoms with Gasteiger partial charge >= 0.3 is 0 Å². The molecule has 1 N–H and O–H groups in total. The summed E-state index contributed by atoms with van der Waals surface area (Å²) >= 11 is 3.40. The number of amides is 1. The second kappa shape index (κ2) is 8.53. The van der Waals surface area contributed by atoms with Crippen molar-refractivity contribution in [1.82, 2.24) is 10.4 Å². The maximum absolute atomic E-state index is 12.3. The van der Waals surface area contributed by atoms with Crippen LogP contribution in [0.1, 0.15) is 21.6 Å². The van der Waals surface area contributed by atoms with Crippen molar-refractivity contribution in [1.29, 1.82) is 0 Å². The Morgan fingerprint density at radius 2 is 1.79 bits per heavy atom. The van der Waals surface area contributed by atoms with Crippen LogP contribution in [0.3, 0.4) is 0 Å². The Kier molecular flexibility index (Phi) is 5.90. The van der Waals surface area contributed by atoms with Gasteiger partial charge in [0.15, 0.2) is 0 Å². The summed E-state index contributed by atoms with van der Waals surface area (Å²) in [4.78, 5) is 27.0. The van der Waals surface area contributed by atoms with Crippen LogP contribution in [0.25, 0.3) is 11.3 Å². The number of nitrogens with one attached hydrogen (secondary N) is 1. The van der Waals surface area contributed by atoms with Crippen LogP contribution < -0.4 is 5.43 Å². The Morgan fingerprint density at radius 1 is 1.11 bits per heavy atom. The second-order valence-corrected chi connectivity index (χ2v) is 6.80. The van der Waals surface area contributed by atoms with E-state index in [9.17, 15) is 14.9 Å². The third-order valence-corrected chi connectivity index (χ3v) is 4.48. The predicted octanol–water partition coefficient (Wildman–Crippen LogP) is 4.49. The summed E-state index contributed by atoms with van der Waals surface area (Å²) in [5.41, 5.74) is 5.80. The zero-order valence-corrected chi connectivity index (χ0v) is 16.4. The molecule has 0 aliphatic heterocycles. The van der Waals surface area contributed by atoms with E-state index in [0.717, 1.165) is 15.7 Å². The fraction of sp³-hybridized carbons (Fsp3) is 0.0500. The molecular weight excluding hydrogens is 424 g/mol. The summed E-state index contributed by atoms with van der Waals surface area (Å²) in [6.07, 6.45) is 1.42. The molecule has 0 bridgehead atoms. The number of carbonyl (C=O) groups excluding carboxylic acids is 1. The molecule has 1 heterocycles. The number of hydrazone groups is 1. The molecule has 8 heteroatoms. The third kappa shape index (κ3) is 4.66. The van der Waals surface area contributed by atoms with E-state index in [1.54, 1.807) is 31.2 Å². The molecule has 28 heavy (non-hydrogen) atoms. The van der Waals surface area contributed by atoms with Crippen LogP contribution in [0.5, 0.6) is 0 Å². The topological polar surface area (TPSA) is 97.5 Å². The number of carbonyl (C=O) groups is 1. The van der Waals surface area contributed by atoms with Crippen molar-refractivity contribution in [2.45, 2.75) is 6.92 Å². The largest absolute Gasteiger partial charge is 0.273 e. The number of hydrogen-bond acceptors (Lipinski definition) is 5. The average molecular weight is 439 g/mol. The van der Waals surface area contributed by atoms with E-state index in [1.807, 2.05) is 24.3 Å². The van der Waals surface area contributed by atoms with E-state index in [0.29, 0.717) is 16.8 Å². The zero-order valence-electron chi connectivity index (χ0n) is 14.8. The number of rotatable bonds is 5. The molecule has 0 radical (unpaired) electrons. The maximum Gasteiger partial charge on any atom is 0.273 e. The highest BCUT2D eigenvalue weighted by Crippen LogP contribution is 2.21. The molecule has 3 aromatic rings. The third-order valence-electron chi connectivity index (χ3n) is 3.95. The monoisotopic (exact) mass is 438 g/mol. The summed E-state index contributed by atoms with van der Waals surface area (Å²) < 4.78 is 0.981. The first-order valence-electron chi connectivity index (χ1n) is 8.25. The van der Waals surface area contributed by atoms with Gasteiger partial charge in [-0.15, -0.1) is 0 Å². The Balaban J connectivity index is 1.68. The molecule has 1 amide bonds. The number of aryl methyl sites for hydroxylation is 1. The van der Waals surface area contributed by atoms with E-state index >= 15 is 0 Å². The number of nitro groups is 1. The minimum atomic E-state index is -0.476. The Hall–Kier alpha value is -3.39. The molecule has 0 unspecified atom stereocenters. The number of benzene rings is 2. The molecule has 0 spiro atoms. The zero-order chi connectivity index (χ0) is 20.1. The number of nitro benzene ring substituents is 1. The van der Waals surface area contributed by atoms with Crippen molar-refractivity contribution < 1.29 is 9.72 Å². The van der Waals surface area contributed by atoms with Crippen molar-refractivity contribution in [2.75, 3.05) is 0 Å². The van der Waals surface area contributed by atoms with Crippen LogP contribution in [0.15, 0.2) is 70.2 Å². The Morgan fingerprint density at radius 3 is 2.39 bits per heavy atom. The molecule has 140 valence electrons. The summed E-state index contributed by atoms with van der Waals surface area (Å²) in [5, 5.41) is 14.5. The first-order valence-corrected chi connectivity index (χ1v) is 9.05. The lowest BCUT2D eigenvalue weighted by atomic mass is 10.1. The van der Waals surface area contributed by atoms with Crippen LogP contribution in [0.4, 0.5) is 5.69 Å². The lowest BCUT2D eigenvalue weighted by Crippen LogP contribution is -2.19. The molecular formula is C20H15BrN4O3. The van der Waals surface area contributed by atoms with Crippen LogP contribution in [0, 0.1) is 17.0 Å². The lowest BCUT2D eigenvalue weighted by molar-refractivity contribution is -0.384. The highest BCUT2D eigenvalue weighted by molar-refractivity contribution is 9.10. The van der Waals surface area contributed by atoms with Crippen LogP contribution in [-0.2, 0) is 0 Å². The highest BCUT2D eigenvalue weighted by atomic mass is 79.9. The fourth-order valence-electron chi connectivity index (χ4n) is 2.49. The number of aromatic nitrogens is 1. The van der Waals surface area contributed by atoms with E-state index in [1.165, 1.54) is 18.3 Å². The van der Waals surface area contributed by atoms with Gasteiger partial charge in [-0.25, -0.2) is 5.43 Å². The molecule has 7 nitrogen and oxygen atoms in total. The van der Waals surface area contributed by atoms with Gasteiger partial charge in [-0.05, 0) is 48.9 Å². The van der Waals surface area contributed by atoms with E-state index < -0.39 is 4.92 Å². The SMILES string of the molecule is Cc1nc(-c2ccc(Br)cc2)ccc1C(=O)N/N=C/c1ccc([N+](=O)[O-])cc1. The summed E-state index contributed by atoms with van der Waals surface area (Å²) in [7, 11) is 0. The van der Waals surface area contributed by atoms with Gasteiger partial charge in [-0.1, -0.05) is 28.1 Å².